The van der Waals surface area contributed by atoms with Gasteiger partial charge in [0.2, 0.25) is 11.8 Å². The van der Waals surface area contributed by atoms with Crippen molar-refractivity contribution < 1.29 is 19.5 Å². The number of thiophene rings is 1. The molecule has 1 aliphatic carbocycles. The Morgan fingerprint density at radius 3 is 2.35 bits per heavy atom. The van der Waals surface area contributed by atoms with E-state index in [1.54, 1.807) is 18.0 Å². The van der Waals surface area contributed by atoms with Gasteiger partial charge in [0.05, 0.1) is 10.6 Å². The zero-order chi connectivity index (χ0) is 22.9. The van der Waals surface area contributed by atoms with Crippen molar-refractivity contribution in [2.75, 3.05) is 18.5 Å². The first-order chi connectivity index (χ1) is 14.5. The summed E-state index contributed by atoms with van der Waals surface area (Å²) in [4.78, 5) is 42.4. The number of carbonyl (C=O) groups is 3. The van der Waals surface area contributed by atoms with Gasteiger partial charge in [-0.05, 0) is 64.9 Å². The maximum absolute atomic E-state index is 13.7. The second-order valence-corrected chi connectivity index (χ2v) is 10.9. The Balaban J connectivity index is 2.05. The van der Waals surface area contributed by atoms with Gasteiger partial charge in [0.15, 0.2) is 0 Å². The van der Waals surface area contributed by atoms with Crippen LogP contribution in [0.4, 0.5) is 5.69 Å². The van der Waals surface area contributed by atoms with Gasteiger partial charge in [-0.25, -0.2) is 4.79 Å². The number of nitrogens with zero attached hydrogens (tertiary/aromatic N) is 2. The van der Waals surface area contributed by atoms with Crippen LogP contribution in [0, 0.1) is 29.1 Å². The van der Waals surface area contributed by atoms with Crippen molar-refractivity contribution in [1.82, 2.24) is 4.90 Å². The lowest BCUT2D eigenvalue weighted by Gasteiger charge is -2.33. The van der Waals surface area contributed by atoms with Crippen LogP contribution in [0.5, 0.6) is 0 Å². The Morgan fingerprint density at radius 1 is 1.19 bits per heavy atom. The number of rotatable bonds is 4. The standard InChI is InChI=1S/C24H32N2O4S/c1-15-6-8-16(9-7-15)21(27)26(18-11-13-25(5)22(18)28)19-14-17(10-12-24(2,3)4)31-20(19)23(29)30/h14-16,18H,6-9,11,13H2,1-5H3,(H,29,30). The fourth-order valence-corrected chi connectivity index (χ4v) is 5.05. The van der Waals surface area contributed by atoms with Crippen molar-refractivity contribution in [1.29, 1.82) is 0 Å². The highest BCUT2D eigenvalue weighted by atomic mass is 32.1. The highest BCUT2D eigenvalue weighted by molar-refractivity contribution is 7.15. The van der Waals surface area contributed by atoms with E-state index < -0.39 is 12.0 Å². The zero-order valence-corrected chi connectivity index (χ0v) is 19.8. The van der Waals surface area contributed by atoms with Gasteiger partial charge < -0.3 is 10.0 Å². The van der Waals surface area contributed by atoms with Crippen LogP contribution in [-0.4, -0.2) is 47.4 Å². The first kappa shape index (κ1) is 23.3. The van der Waals surface area contributed by atoms with E-state index in [-0.39, 0.29) is 28.0 Å². The number of aromatic carboxylic acids is 1. The Hall–Kier alpha value is -2.33. The molecule has 1 N–H and O–H groups in total. The molecule has 2 aliphatic rings. The summed E-state index contributed by atoms with van der Waals surface area (Å²) in [5, 5.41) is 9.87. The van der Waals surface area contributed by atoms with Crippen molar-refractivity contribution in [3.8, 4) is 11.8 Å². The SMILES string of the molecule is CC1CCC(C(=O)N(c2cc(C#CC(C)(C)C)sc2C(=O)O)C2CCN(C)C2=O)CC1. The second kappa shape index (κ2) is 9.04. The third kappa shape index (κ3) is 5.30. The molecular weight excluding hydrogens is 412 g/mol. The Kier molecular flexibility index (Phi) is 6.80. The minimum absolute atomic E-state index is 0.0677. The number of carboxylic acid groups (broad SMARTS) is 1. The Labute approximate surface area is 188 Å². The molecule has 6 nitrogen and oxygen atoms in total. The largest absolute Gasteiger partial charge is 0.477 e. The van der Waals surface area contributed by atoms with Crippen LogP contribution in [0.3, 0.4) is 0 Å². The number of hydrogen-bond donors (Lipinski definition) is 1. The number of carboxylic acids is 1. The Bertz CT molecular complexity index is 926. The maximum atomic E-state index is 13.7. The molecule has 1 aromatic heterocycles. The quantitative estimate of drug-likeness (QED) is 0.705. The number of hydrogen-bond acceptors (Lipinski definition) is 4. The summed E-state index contributed by atoms with van der Waals surface area (Å²) in [6.45, 7) is 8.70. The second-order valence-electron chi connectivity index (χ2n) is 9.86. The molecule has 31 heavy (non-hydrogen) atoms. The van der Waals surface area contributed by atoms with Crippen molar-refractivity contribution in [2.24, 2.45) is 17.3 Å². The molecule has 0 radical (unpaired) electrons. The predicted molar refractivity (Wildman–Crippen MR) is 122 cm³/mol. The predicted octanol–water partition coefficient (Wildman–Crippen LogP) is 4.23. The van der Waals surface area contributed by atoms with Crippen LogP contribution in [0.1, 0.15) is 74.3 Å². The van der Waals surface area contributed by atoms with Gasteiger partial charge in [0.25, 0.3) is 0 Å². The fraction of sp³-hybridized carbons (Fsp3) is 0.625. The summed E-state index contributed by atoms with van der Waals surface area (Å²) in [5.74, 6) is 5.24. The van der Waals surface area contributed by atoms with Gasteiger partial charge in [-0.3, -0.25) is 14.5 Å². The lowest BCUT2D eigenvalue weighted by Crippen LogP contribution is -2.48. The zero-order valence-electron chi connectivity index (χ0n) is 19.0. The van der Waals surface area contributed by atoms with E-state index in [1.165, 1.54) is 4.90 Å². The topological polar surface area (TPSA) is 77.9 Å². The molecule has 7 heteroatoms. The van der Waals surface area contributed by atoms with E-state index in [0.29, 0.717) is 29.4 Å². The van der Waals surface area contributed by atoms with Crippen molar-refractivity contribution in [2.45, 2.75) is 65.8 Å². The third-order valence-electron chi connectivity index (χ3n) is 6.04. The van der Waals surface area contributed by atoms with E-state index in [1.807, 2.05) is 20.8 Å². The summed E-state index contributed by atoms with van der Waals surface area (Å²) < 4.78 is 0. The van der Waals surface area contributed by atoms with Crippen molar-refractivity contribution >= 4 is 34.8 Å². The summed E-state index contributed by atoms with van der Waals surface area (Å²) in [5.41, 5.74) is 0.0828. The monoisotopic (exact) mass is 444 g/mol. The molecule has 1 atom stereocenters. The lowest BCUT2D eigenvalue weighted by atomic mass is 9.82. The van der Waals surface area contributed by atoms with Gasteiger partial charge in [0, 0.05) is 24.9 Å². The van der Waals surface area contributed by atoms with Crippen LogP contribution in [0.25, 0.3) is 0 Å². The van der Waals surface area contributed by atoms with E-state index in [2.05, 4.69) is 18.8 Å². The fourth-order valence-electron chi connectivity index (χ4n) is 4.21. The van der Waals surface area contributed by atoms with Gasteiger partial charge >= 0.3 is 5.97 Å². The Morgan fingerprint density at radius 2 is 1.84 bits per heavy atom. The van der Waals surface area contributed by atoms with Crippen LogP contribution in [-0.2, 0) is 9.59 Å². The molecule has 2 fully saturated rings. The molecule has 1 saturated heterocycles. The van der Waals surface area contributed by atoms with Crippen LogP contribution in [0.15, 0.2) is 6.07 Å². The molecule has 1 aliphatic heterocycles. The molecule has 2 amide bonds. The lowest BCUT2D eigenvalue weighted by molar-refractivity contribution is -0.131. The smallest absolute Gasteiger partial charge is 0.348 e. The van der Waals surface area contributed by atoms with Crippen LogP contribution >= 0.6 is 11.3 Å². The molecule has 1 aromatic rings. The molecule has 0 aromatic carbocycles. The van der Waals surface area contributed by atoms with E-state index in [0.717, 1.165) is 37.0 Å². The van der Waals surface area contributed by atoms with Crippen LogP contribution in [0.2, 0.25) is 0 Å². The van der Waals surface area contributed by atoms with Crippen LogP contribution < -0.4 is 4.90 Å². The minimum atomic E-state index is -1.10. The number of likely N-dealkylation sites (N-methyl/N-ethyl adjacent to an activating group) is 1. The summed E-state index contributed by atoms with van der Waals surface area (Å²) in [6.07, 6.45) is 4.00. The van der Waals surface area contributed by atoms with E-state index >= 15 is 0 Å². The van der Waals surface area contributed by atoms with Crippen molar-refractivity contribution in [3.63, 3.8) is 0 Å². The van der Waals surface area contributed by atoms with E-state index in [4.69, 9.17) is 0 Å². The molecule has 168 valence electrons. The normalized spacial score (nSPS) is 24.0. The average molecular weight is 445 g/mol. The molecule has 2 heterocycles. The number of carbonyl (C=O) groups excluding carboxylic acids is 2. The summed E-state index contributed by atoms with van der Waals surface area (Å²) >= 11 is 1.07. The van der Waals surface area contributed by atoms with E-state index in [9.17, 15) is 19.5 Å². The molecule has 0 spiro atoms. The first-order valence-corrected chi connectivity index (χ1v) is 11.8. The molecule has 3 rings (SSSR count). The highest BCUT2D eigenvalue weighted by Crippen LogP contribution is 2.37. The first-order valence-electron chi connectivity index (χ1n) is 11.0. The highest BCUT2D eigenvalue weighted by Gasteiger charge is 2.42. The number of amides is 2. The van der Waals surface area contributed by atoms with Gasteiger partial charge in [-0.15, -0.1) is 11.3 Å². The number of anilines is 1. The molecule has 1 saturated carbocycles. The van der Waals surface area contributed by atoms with Gasteiger partial charge in [-0.2, -0.15) is 0 Å². The average Bonchev–Trinajstić information content (AvgIpc) is 3.26. The summed E-state index contributed by atoms with van der Waals surface area (Å²) in [6, 6.07) is 1.02. The van der Waals surface area contributed by atoms with Gasteiger partial charge in [0.1, 0.15) is 10.9 Å². The molecular formula is C24H32N2O4S. The summed E-state index contributed by atoms with van der Waals surface area (Å²) in [7, 11) is 1.72. The molecule has 1 unspecified atom stereocenters. The van der Waals surface area contributed by atoms with Gasteiger partial charge in [-0.1, -0.05) is 18.8 Å². The third-order valence-corrected chi connectivity index (χ3v) is 7.07. The number of likely N-dealkylation sites (tertiary alicyclic amines) is 1. The maximum Gasteiger partial charge on any atom is 0.348 e. The minimum Gasteiger partial charge on any atom is -0.477 e. The molecule has 0 bridgehead atoms. The van der Waals surface area contributed by atoms with Crippen molar-refractivity contribution in [3.05, 3.63) is 15.8 Å².